The third kappa shape index (κ3) is 4.22. The fourth-order valence-electron chi connectivity index (χ4n) is 3.77. The highest BCUT2D eigenvalue weighted by Gasteiger charge is 2.35. The van der Waals surface area contributed by atoms with Crippen LogP contribution in [0.1, 0.15) is 49.2 Å². The lowest BCUT2D eigenvalue weighted by atomic mass is 9.78. The number of ether oxygens (including phenoxy) is 2. The van der Waals surface area contributed by atoms with Crippen molar-refractivity contribution in [2.75, 3.05) is 20.3 Å². The first-order valence-electron chi connectivity index (χ1n) is 9.68. The molecule has 0 fully saturated rings. The molecule has 0 saturated carbocycles. The highest BCUT2D eigenvalue weighted by Crippen LogP contribution is 2.46. The monoisotopic (exact) mass is 453 g/mol. The van der Waals surface area contributed by atoms with E-state index in [-0.39, 0.29) is 22.0 Å². The van der Waals surface area contributed by atoms with E-state index >= 15 is 0 Å². The van der Waals surface area contributed by atoms with Crippen molar-refractivity contribution in [3.8, 4) is 17.0 Å². The second-order valence-corrected chi connectivity index (χ2v) is 9.25. The number of halogens is 2. The Morgan fingerprint density at radius 3 is 2.57 bits per heavy atom. The summed E-state index contributed by atoms with van der Waals surface area (Å²) in [5, 5.41) is 9.74. The van der Waals surface area contributed by atoms with Crippen LogP contribution in [0.15, 0.2) is 23.1 Å². The molecule has 1 atom stereocenters. The van der Waals surface area contributed by atoms with E-state index in [1.165, 1.54) is 6.20 Å². The summed E-state index contributed by atoms with van der Waals surface area (Å²) in [5.74, 6) is -0.734. The Labute approximate surface area is 185 Å². The van der Waals surface area contributed by atoms with Gasteiger partial charge in [-0.15, -0.1) is 0 Å². The maximum atomic E-state index is 12.6. The van der Waals surface area contributed by atoms with E-state index in [0.29, 0.717) is 41.7 Å². The van der Waals surface area contributed by atoms with Gasteiger partial charge in [-0.2, -0.15) is 0 Å². The van der Waals surface area contributed by atoms with Gasteiger partial charge < -0.3 is 19.1 Å². The van der Waals surface area contributed by atoms with E-state index in [9.17, 15) is 14.7 Å². The summed E-state index contributed by atoms with van der Waals surface area (Å²) in [6.07, 6.45) is 2.75. The van der Waals surface area contributed by atoms with E-state index < -0.39 is 11.4 Å². The number of fused-ring (bicyclic) bond motifs is 3. The van der Waals surface area contributed by atoms with Gasteiger partial charge in [-0.25, -0.2) is 4.79 Å². The Morgan fingerprint density at radius 2 is 1.97 bits per heavy atom. The number of aromatic carboxylic acids is 1. The number of aromatic nitrogens is 1. The van der Waals surface area contributed by atoms with Crippen LogP contribution < -0.4 is 10.2 Å². The van der Waals surface area contributed by atoms with Crippen LogP contribution in [-0.2, 0) is 11.2 Å². The predicted octanol–water partition coefficient (Wildman–Crippen LogP) is 5.08. The molecule has 1 aromatic carbocycles. The minimum atomic E-state index is -1.30. The molecule has 1 unspecified atom stereocenters. The average molecular weight is 454 g/mol. The minimum Gasteiger partial charge on any atom is -0.492 e. The van der Waals surface area contributed by atoms with Crippen LogP contribution in [0.5, 0.6) is 5.75 Å². The summed E-state index contributed by atoms with van der Waals surface area (Å²) in [5.41, 5.74) is 0.882. The summed E-state index contributed by atoms with van der Waals surface area (Å²) in [6.45, 7) is 7.26. The molecular formula is C22H25Cl2NO5. The lowest BCUT2D eigenvalue weighted by molar-refractivity contribution is 0.0693. The smallest absolute Gasteiger partial charge is 0.341 e. The lowest BCUT2D eigenvalue weighted by Gasteiger charge is -2.39. The number of pyridine rings is 1. The highest BCUT2D eigenvalue weighted by atomic mass is 35.5. The molecule has 3 rings (SSSR count). The van der Waals surface area contributed by atoms with Gasteiger partial charge in [-0.1, -0.05) is 44.0 Å². The van der Waals surface area contributed by atoms with Crippen LogP contribution >= 0.6 is 23.2 Å². The van der Waals surface area contributed by atoms with Crippen molar-refractivity contribution < 1.29 is 19.4 Å². The Hall–Kier alpha value is -2.02. The van der Waals surface area contributed by atoms with Gasteiger partial charge in [0.1, 0.15) is 16.3 Å². The van der Waals surface area contributed by atoms with Gasteiger partial charge in [0.2, 0.25) is 5.43 Å². The number of methoxy groups -OCH3 is 1. The fraction of sp³-hybridized carbons (Fsp3) is 0.455. The zero-order chi connectivity index (χ0) is 22.2. The first kappa shape index (κ1) is 22.7. The molecule has 0 spiro atoms. The number of nitrogens with zero attached hydrogens (tertiary/aromatic N) is 1. The van der Waals surface area contributed by atoms with Gasteiger partial charge in [0, 0.05) is 37.9 Å². The van der Waals surface area contributed by atoms with Gasteiger partial charge >= 0.3 is 5.97 Å². The molecule has 0 aliphatic carbocycles. The van der Waals surface area contributed by atoms with Crippen LogP contribution in [0.25, 0.3) is 11.3 Å². The van der Waals surface area contributed by atoms with Crippen molar-refractivity contribution in [3.63, 3.8) is 0 Å². The zero-order valence-electron chi connectivity index (χ0n) is 17.4. The maximum absolute atomic E-state index is 12.6. The lowest BCUT2D eigenvalue weighted by Crippen LogP contribution is -2.33. The van der Waals surface area contributed by atoms with Crippen molar-refractivity contribution in [1.82, 2.24) is 4.57 Å². The average Bonchev–Trinajstić information content (AvgIpc) is 2.66. The molecule has 0 amide bonds. The van der Waals surface area contributed by atoms with Crippen molar-refractivity contribution in [1.29, 1.82) is 0 Å². The third-order valence-electron chi connectivity index (χ3n) is 5.32. The number of benzene rings is 1. The normalized spacial score (nSPS) is 15.5. The van der Waals surface area contributed by atoms with E-state index in [4.69, 9.17) is 32.7 Å². The number of rotatable bonds is 6. The van der Waals surface area contributed by atoms with Crippen molar-refractivity contribution in [2.24, 2.45) is 5.41 Å². The number of carbonyl (C=O) groups is 1. The molecule has 1 aliphatic rings. The Bertz CT molecular complexity index is 1040. The largest absolute Gasteiger partial charge is 0.492 e. The van der Waals surface area contributed by atoms with Crippen LogP contribution in [-0.4, -0.2) is 36.0 Å². The van der Waals surface area contributed by atoms with Gasteiger partial charge in [-0.3, -0.25) is 4.79 Å². The molecule has 2 heterocycles. The Kier molecular flexibility index (Phi) is 6.51. The van der Waals surface area contributed by atoms with Crippen LogP contribution in [0.3, 0.4) is 0 Å². The number of hydrogen-bond donors (Lipinski definition) is 1. The van der Waals surface area contributed by atoms with Gasteiger partial charge in [-0.05, 0) is 29.5 Å². The summed E-state index contributed by atoms with van der Waals surface area (Å²) in [7, 11) is 1.64. The molecule has 30 heavy (non-hydrogen) atoms. The van der Waals surface area contributed by atoms with E-state index in [2.05, 4.69) is 20.8 Å². The number of hydrogen-bond acceptors (Lipinski definition) is 4. The van der Waals surface area contributed by atoms with Crippen molar-refractivity contribution in [3.05, 3.63) is 49.7 Å². The molecule has 0 radical (unpaired) electrons. The molecule has 2 aromatic rings. The molecule has 1 aromatic heterocycles. The van der Waals surface area contributed by atoms with E-state index in [0.717, 1.165) is 12.0 Å². The zero-order valence-corrected chi connectivity index (χ0v) is 18.9. The summed E-state index contributed by atoms with van der Waals surface area (Å²) in [6, 6.07) is 3.51. The SMILES string of the molecule is COCCCOc1cc2c(cc1Cl)-c1c(Cl)c(=O)c(C(=O)O)cn1C(C(C)(C)C)C2. The first-order valence-corrected chi connectivity index (χ1v) is 10.4. The summed E-state index contributed by atoms with van der Waals surface area (Å²) < 4.78 is 12.7. The van der Waals surface area contributed by atoms with Gasteiger partial charge in [0.15, 0.2) is 0 Å². The van der Waals surface area contributed by atoms with Crippen LogP contribution in [0.2, 0.25) is 10.0 Å². The molecule has 6 nitrogen and oxygen atoms in total. The topological polar surface area (TPSA) is 77.8 Å². The molecule has 1 N–H and O–H groups in total. The third-order valence-corrected chi connectivity index (χ3v) is 5.97. The second kappa shape index (κ2) is 8.61. The quantitative estimate of drug-likeness (QED) is 0.616. The summed E-state index contributed by atoms with van der Waals surface area (Å²) in [4.78, 5) is 24.2. The van der Waals surface area contributed by atoms with Gasteiger partial charge in [0.25, 0.3) is 0 Å². The first-order chi connectivity index (χ1) is 14.1. The van der Waals surface area contributed by atoms with Gasteiger partial charge in [0.05, 0.1) is 17.3 Å². The molecule has 8 heteroatoms. The van der Waals surface area contributed by atoms with E-state index in [1.807, 2.05) is 10.6 Å². The molecule has 162 valence electrons. The van der Waals surface area contributed by atoms with Crippen LogP contribution in [0.4, 0.5) is 0 Å². The second-order valence-electron chi connectivity index (χ2n) is 8.47. The standard InChI is InChI=1S/C22H25Cl2NO5/c1-22(2,3)17-9-12-8-16(30-7-5-6-29-4)15(23)10-13(12)19-18(24)20(26)14(21(27)28)11-25(17)19/h8,10-11,17H,5-7,9H2,1-4H3,(H,27,28). The number of carboxylic acids is 1. The molecular weight excluding hydrogens is 429 g/mol. The minimum absolute atomic E-state index is 0.112. The molecule has 1 aliphatic heterocycles. The highest BCUT2D eigenvalue weighted by molar-refractivity contribution is 6.34. The molecule has 0 bridgehead atoms. The van der Waals surface area contributed by atoms with Crippen LogP contribution in [0, 0.1) is 5.41 Å². The predicted molar refractivity (Wildman–Crippen MR) is 117 cm³/mol. The Morgan fingerprint density at radius 1 is 1.27 bits per heavy atom. The maximum Gasteiger partial charge on any atom is 0.341 e. The fourth-order valence-corrected chi connectivity index (χ4v) is 4.29. The molecule has 0 saturated heterocycles. The van der Waals surface area contributed by atoms with Crippen molar-refractivity contribution in [2.45, 2.75) is 39.7 Å². The van der Waals surface area contributed by atoms with Crippen molar-refractivity contribution >= 4 is 29.2 Å². The Balaban J connectivity index is 2.18. The number of carboxylic acid groups (broad SMARTS) is 1. The van der Waals surface area contributed by atoms with E-state index in [1.54, 1.807) is 13.2 Å². The summed E-state index contributed by atoms with van der Waals surface area (Å²) >= 11 is 12.9.